The van der Waals surface area contributed by atoms with Gasteiger partial charge in [0.25, 0.3) is 0 Å². The quantitative estimate of drug-likeness (QED) is 0.856. The van der Waals surface area contributed by atoms with Crippen molar-refractivity contribution in [3.05, 3.63) is 33.8 Å². The van der Waals surface area contributed by atoms with Crippen LogP contribution in [0.4, 0.5) is 0 Å². The molecular weight excluding hydrogens is 212 g/mol. The Morgan fingerprint density at radius 2 is 2.00 bits per heavy atom. The molecule has 1 atom stereocenters. The summed E-state index contributed by atoms with van der Waals surface area (Å²) in [6.45, 7) is 5.81. The molecule has 0 heterocycles. The monoisotopic (exact) mass is 226 g/mol. The van der Waals surface area contributed by atoms with Gasteiger partial charge in [0.2, 0.25) is 0 Å². The van der Waals surface area contributed by atoms with E-state index in [1.54, 1.807) is 0 Å². The highest BCUT2D eigenvalue weighted by atomic mass is 35.5. The zero-order valence-corrected chi connectivity index (χ0v) is 9.93. The molecular formula is C12H15ClO2. The number of aliphatic carboxylic acids is 1. The molecule has 0 radical (unpaired) electrons. The molecule has 1 rings (SSSR count). The summed E-state index contributed by atoms with van der Waals surface area (Å²) in [5.41, 5.74) is 3.12. The third-order valence-corrected chi connectivity index (χ3v) is 2.97. The third-order valence-electron chi connectivity index (χ3n) is 2.56. The van der Waals surface area contributed by atoms with Crippen molar-refractivity contribution in [3.63, 3.8) is 0 Å². The van der Waals surface area contributed by atoms with Gasteiger partial charge in [0, 0.05) is 5.02 Å². The van der Waals surface area contributed by atoms with Crippen LogP contribution in [0.3, 0.4) is 0 Å². The van der Waals surface area contributed by atoms with E-state index in [4.69, 9.17) is 16.7 Å². The normalized spacial score (nSPS) is 12.5. The van der Waals surface area contributed by atoms with Crippen LogP contribution in [0.1, 0.15) is 36.0 Å². The average molecular weight is 227 g/mol. The first-order chi connectivity index (χ1) is 6.91. The molecule has 0 fully saturated rings. The van der Waals surface area contributed by atoms with Crippen LogP contribution in [0.25, 0.3) is 0 Å². The zero-order chi connectivity index (χ0) is 11.6. The first-order valence-electron chi connectivity index (χ1n) is 4.90. The van der Waals surface area contributed by atoms with Crippen molar-refractivity contribution in [2.75, 3.05) is 0 Å². The third kappa shape index (κ3) is 2.96. The smallest absolute Gasteiger partial charge is 0.303 e. The van der Waals surface area contributed by atoms with Gasteiger partial charge >= 0.3 is 5.97 Å². The minimum absolute atomic E-state index is 0.0264. The maximum Gasteiger partial charge on any atom is 0.303 e. The fourth-order valence-corrected chi connectivity index (χ4v) is 1.92. The van der Waals surface area contributed by atoms with Crippen LogP contribution in [-0.2, 0) is 4.79 Å². The van der Waals surface area contributed by atoms with E-state index >= 15 is 0 Å². The number of hydrogen-bond acceptors (Lipinski definition) is 1. The van der Waals surface area contributed by atoms with Crippen LogP contribution in [0, 0.1) is 13.8 Å². The molecule has 82 valence electrons. The second-order valence-corrected chi connectivity index (χ2v) is 4.36. The van der Waals surface area contributed by atoms with Crippen LogP contribution in [0.5, 0.6) is 0 Å². The fraction of sp³-hybridized carbons (Fsp3) is 0.417. The van der Waals surface area contributed by atoms with Crippen LogP contribution in [0.15, 0.2) is 12.1 Å². The Kier molecular flexibility index (Phi) is 3.75. The number of carbonyl (C=O) groups is 1. The van der Waals surface area contributed by atoms with Crippen molar-refractivity contribution in [3.8, 4) is 0 Å². The van der Waals surface area contributed by atoms with E-state index < -0.39 is 5.97 Å². The van der Waals surface area contributed by atoms with E-state index in [0.29, 0.717) is 0 Å². The molecule has 0 saturated carbocycles. The number of benzene rings is 1. The Labute approximate surface area is 94.9 Å². The fourth-order valence-electron chi connectivity index (χ4n) is 1.71. The number of halogens is 1. The molecule has 2 nitrogen and oxygen atoms in total. The van der Waals surface area contributed by atoms with Crippen molar-refractivity contribution in [2.24, 2.45) is 0 Å². The Morgan fingerprint density at radius 1 is 1.40 bits per heavy atom. The lowest BCUT2D eigenvalue weighted by atomic mass is 9.92. The van der Waals surface area contributed by atoms with E-state index in [2.05, 4.69) is 0 Å². The molecule has 1 N–H and O–H groups in total. The summed E-state index contributed by atoms with van der Waals surface area (Å²) in [6.07, 6.45) is 0.155. The minimum atomic E-state index is -0.769. The Balaban J connectivity index is 3.03. The molecule has 0 aliphatic heterocycles. The predicted molar refractivity (Wildman–Crippen MR) is 61.6 cm³/mol. The van der Waals surface area contributed by atoms with Crippen molar-refractivity contribution < 1.29 is 9.90 Å². The van der Waals surface area contributed by atoms with Gasteiger partial charge in [-0.05, 0) is 42.5 Å². The van der Waals surface area contributed by atoms with Gasteiger partial charge in [0.05, 0.1) is 6.42 Å². The van der Waals surface area contributed by atoms with E-state index in [9.17, 15) is 4.79 Å². The van der Waals surface area contributed by atoms with Gasteiger partial charge in [-0.15, -0.1) is 0 Å². The van der Waals surface area contributed by atoms with Gasteiger partial charge in [-0.1, -0.05) is 24.6 Å². The lowest BCUT2D eigenvalue weighted by Gasteiger charge is -2.14. The molecule has 0 saturated heterocycles. The number of hydrogen-bond donors (Lipinski definition) is 1. The van der Waals surface area contributed by atoms with Gasteiger partial charge in [0.1, 0.15) is 0 Å². The molecule has 1 aromatic carbocycles. The molecule has 0 spiro atoms. The summed E-state index contributed by atoms with van der Waals surface area (Å²) in [7, 11) is 0. The summed E-state index contributed by atoms with van der Waals surface area (Å²) in [4.78, 5) is 10.6. The van der Waals surface area contributed by atoms with Crippen molar-refractivity contribution in [1.82, 2.24) is 0 Å². The molecule has 0 aromatic heterocycles. The van der Waals surface area contributed by atoms with Crippen molar-refractivity contribution >= 4 is 17.6 Å². The van der Waals surface area contributed by atoms with E-state index in [1.165, 1.54) is 0 Å². The number of carboxylic acids is 1. The van der Waals surface area contributed by atoms with Crippen molar-refractivity contribution in [2.45, 2.75) is 33.1 Å². The largest absolute Gasteiger partial charge is 0.481 e. The second-order valence-electron chi connectivity index (χ2n) is 3.96. The van der Waals surface area contributed by atoms with E-state index in [1.807, 2.05) is 32.9 Å². The maximum absolute atomic E-state index is 10.6. The SMILES string of the molecule is Cc1cc(C(C)CC(=O)O)c(C)cc1Cl. The van der Waals surface area contributed by atoms with Crippen LogP contribution < -0.4 is 0 Å². The molecule has 0 aliphatic carbocycles. The predicted octanol–water partition coefficient (Wildman–Crippen LogP) is 3.54. The highest BCUT2D eigenvalue weighted by Crippen LogP contribution is 2.27. The minimum Gasteiger partial charge on any atom is -0.481 e. The molecule has 0 bridgehead atoms. The zero-order valence-electron chi connectivity index (χ0n) is 9.17. The summed E-state index contributed by atoms with van der Waals surface area (Å²) in [6, 6.07) is 3.87. The van der Waals surface area contributed by atoms with Gasteiger partial charge < -0.3 is 5.11 Å². The molecule has 3 heteroatoms. The lowest BCUT2D eigenvalue weighted by Crippen LogP contribution is -2.04. The Morgan fingerprint density at radius 3 is 2.53 bits per heavy atom. The average Bonchev–Trinajstić information content (AvgIpc) is 2.09. The van der Waals surface area contributed by atoms with Crippen LogP contribution >= 0.6 is 11.6 Å². The number of rotatable bonds is 3. The van der Waals surface area contributed by atoms with E-state index in [0.717, 1.165) is 21.7 Å². The Hall–Kier alpha value is -1.02. The van der Waals surface area contributed by atoms with Crippen molar-refractivity contribution in [1.29, 1.82) is 0 Å². The topological polar surface area (TPSA) is 37.3 Å². The molecule has 15 heavy (non-hydrogen) atoms. The number of aryl methyl sites for hydroxylation is 2. The molecule has 0 amide bonds. The maximum atomic E-state index is 10.6. The Bertz CT molecular complexity index is 385. The molecule has 1 unspecified atom stereocenters. The highest BCUT2D eigenvalue weighted by Gasteiger charge is 2.13. The van der Waals surface area contributed by atoms with Gasteiger partial charge in [-0.3, -0.25) is 4.79 Å². The molecule has 1 aromatic rings. The first kappa shape index (κ1) is 12.1. The highest BCUT2D eigenvalue weighted by molar-refractivity contribution is 6.31. The second kappa shape index (κ2) is 4.67. The number of carboxylic acid groups (broad SMARTS) is 1. The lowest BCUT2D eigenvalue weighted by molar-refractivity contribution is -0.137. The van der Waals surface area contributed by atoms with Gasteiger partial charge in [0.15, 0.2) is 0 Å². The van der Waals surface area contributed by atoms with Gasteiger partial charge in [-0.25, -0.2) is 0 Å². The van der Waals surface area contributed by atoms with Crippen LogP contribution in [-0.4, -0.2) is 11.1 Å². The molecule has 0 aliphatic rings. The van der Waals surface area contributed by atoms with Crippen LogP contribution in [0.2, 0.25) is 5.02 Å². The summed E-state index contributed by atoms with van der Waals surface area (Å²) in [5, 5.41) is 9.47. The summed E-state index contributed by atoms with van der Waals surface area (Å²) in [5.74, 6) is -0.743. The van der Waals surface area contributed by atoms with E-state index in [-0.39, 0.29) is 12.3 Å². The van der Waals surface area contributed by atoms with Gasteiger partial charge in [-0.2, -0.15) is 0 Å². The summed E-state index contributed by atoms with van der Waals surface area (Å²) >= 11 is 5.98. The first-order valence-corrected chi connectivity index (χ1v) is 5.28. The summed E-state index contributed by atoms with van der Waals surface area (Å²) < 4.78 is 0. The standard InChI is InChI=1S/C12H15ClO2/c1-7-5-11(13)9(3)4-10(7)8(2)6-12(14)15/h4-5,8H,6H2,1-3H3,(H,14,15).